The molecule has 1 aromatic heterocycles. The van der Waals surface area contributed by atoms with Gasteiger partial charge in [0.1, 0.15) is 4.90 Å². The highest BCUT2D eigenvalue weighted by Gasteiger charge is 2.30. The number of rotatable bonds is 4. The van der Waals surface area contributed by atoms with Gasteiger partial charge in [-0.25, -0.2) is 18.4 Å². The molecule has 9 heteroatoms. The lowest BCUT2D eigenvalue weighted by atomic mass is 9.94. The highest BCUT2D eigenvalue weighted by Crippen LogP contribution is 2.25. The number of carbonyl (C=O) groups excluding carboxylic acids is 1. The third-order valence-electron chi connectivity index (χ3n) is 3.30. The molecular formula is C11H15ClN4O3S. The van der Waals surface area contributed by atoms with E-state index in [-0.39, 0.29) is 22.0 Å². The minimum atomic E-state index is -3.60. The van der Waals surface area contributed by atoms with Crippen LogP contribution >= 0.6 is 11.6 Å². The van der Waals surface area contributed by atoms with Crippen molar-refractivity contribution in [2.45, 2.75) is 24.2 Å². The number of sulfonamides is 1. The fourth-order valence-electron chi connectivity index (χ4n) is 2.22. The lowest BCUT2D eigenvalue weighted by molar-refractivity contribution is -0.119. The first-order valence-electron chi connectivity index (χ1n) is 6.15. The summed E-state index contributed by atoms with van der Waals surface area (Å²) in [6, 6.07) is 0. The Kier molecular flexibility index (Phi) is 4.56. The maximum atomic E-state index is 12.3. The molecule has 2 rings (SSSR count). The van der Waals surface area contributed by atoms with Crippen LogP contribution in [0.1, 0.15) is 19.3 Å². The molecule has 110 valence electrons. The Morgan fingerprint density at radius 3 is 2.40 bits per heavy atom. The molecule has 2 heterocycles. The second-order valence-electron chi connectivity index (χ2n) is 4.71. The molecule has 2 N–H and O–H groups in total. The highest BCUT2D eigenvalue weighted by atomic mass is 35.5. The molecule has 1 amide bonds. The number of aromatic nitrogens is 2. The summed E-state index contributed by atoms with van der Waals surface area (Å²) in [6.45, 7) is 0.728. The van der Waals surface area contributed by atoms with Crippen molar-refractivity contribution in [2.24, 2.45) is 11.7 Å². The zero-order chi connectivity index (χ0) is 14.8. The van der Waals surface area contributed by atoms with Gasteiger partial charge in [-0.2, -0.15) is 4.31 Å². The molecule has 7 nitrogen and oxygen atoms in total. The smallest absolute Gasteiger partial charge is 0.246 e. The molecule has 0 radical (unpaired) electrons. The van der Waals surface area contributed by atoms with Crippen molar-refractivity contribution in [3.63, 3.8) is 0 Å². The van der Waals surface area contributed by atoms with Gasteiger partial charge in [-0.1, -0.05) is 0 Å². The number of piperidine rings is 1. The quantitative estimate of drug-likeness (QED) is 0.809. The summed E-state index contributed by atoms with van der Waals surface area (Å²) in [4.78, 5) is 18.2. The van der Waals surface area contributed by atoms with Crippen LogP contribution in [0.5, 0.6) is 0 Å². The van der Waals surface area contributed by atoms with E-state index >= 15 is 0 Å². The molecule has 0 spiro atoms. The topological polar surface area (TPSA) is 106 Å². The largest absolute Gasteiger partial charge is 0.370 e. The number of amides is 1. The third kappa shape index (κ3) is 3.44. The minimum absolute atomic E-state index is 0.00381. The molecule has 1 aromatic rings. The Labute approximate surface area is 122 Å². The number of carbonyl (C=O) groups is 1. The van der Waals surface area contributed by atoms with Crippen LogP contribution in [0.15, 0.2) is 17.3 Å². The average Bonchev–Trinajstić information content (AvgIpc) is 2.39. The van der Waals surface area contributed by atoms with Crippen LogP contribution in [-0.2, 0) is 14.8 Å². The molecule has 0 bridgehead atoms. The van der Waals surface area contributed by atoms with Crippen molar-refractivity contribution < 1.29 is 13.2 Å². The minimum Gasteiger partial charge on any atom is -0.370 e. The fraction of sp³-hybridized carbons (Fsp3) is 0.545. The number of nitrogens with zero attached hydrogens (tertiary/aromatic N) is 3. The van der Waals surface area contributed by atoms with Gasteiger partial charge in [-0.05, 0) is 30.4 Å². The van der Waals surface area contributed by atoms with Gasteiger partial charge in [0.25, 0.3) is 0 Å². The van der Waals surface area contributed by atoms with Crippen LogP contribution in [0.4, 0.5) is 0 Å². The van der Waals surface area contributed by atoms with Crippen LogP contribution in [0.2, 0.25) is 5.28 Å². The number of hydrogen-bond donors (Lipinski definition) is 1. The monoisotopic (exact) mass is 318 g/mol. The summed E-state index contributed by atoms with van der Waals surface area (Å²) in [6.07, 6.45) is 3.94. The van der Waals surface area contributed by atoms with Gasteiger partial charge in [0.2, 0.25) is 21.2 Å². The van der Waals surface area contributed by atoms with Crippen LogP contribution in [0.25, 0.3) is 0 Å². The normalized spacial score (nSPS) is 18.1. The van der Waals surface area contributed by atoms with Crippen molar-refractivity contribution in [3.05, 3.63) is 17.7 Å². The van der Waals surface area contributed by atoms with E-state index in [0.717, 1.165) is 0 Å². The Hall–Kier alpha value is -1.25. The van der Waals surface area contributed by atoms with E-state index in [1.165, 1.54) is 16.7 Å². The van der Waals surface area contributed by atoms with E-state index in [9.17, 15) is 13.2 Å². The molecule has 1 saturated heterocycles. The Morgan fingerprint density at radius 2 is 1.90 bits per heavy atom. The van der Waals surface area contributed by atoms with E-state index in [1.54, 1.807) is 0 Å². The number of primary amides is 1. The second-order valence-corrected chi connectivity index (χ2v) is 6.98. The van der Waals surface area contributed by atoms with Crippen molar-refractivity contribution in [1.82, 2.24) is 14.3 Å². The molecule has 1 aliphatic heterocycles. The molecule has 0 atom stereocenters. The predicted molar refractivity (Wildman–Crippen MR) is 72.3 cm³/mol. The van der Waals surface area contributed by atoms with Gasteiger partial charge < -0.3 is 5.73 Å². The molecule has 1 aliphatic rings. The standard InChI is InChI=1S/C11H15ClN4O3S/c12-11-14-6-9(7-15-11)20(18,19)16-3-1-8(2-4-16)5-10(13)17/h6-8H,1-5H2,(H2,13,17). The van der Waals surface area contributed by atoms with Crippen molar-refractivity contribution >= 4 is 27.5 Å². The van der Waals surface area contributed by atoms with Crippen molar-refractivity contribution in [3.8, 4) is 0 Å². The summed E-state index contributed by atoms with van der Waals surface area (Å²) in [5, 5.41) is 0.00381. The fourth-order valence-corrected chi connectivity index (χ4v) is 3.68. The highest BCUT2D eigenvalue weighted by molar-refractivity contribution is 7.89. The number of hydrogen-bond acceptors (Lipinski definition) is 5. The molecule has 0 unspecified atom stereocenters. The lowest BCUT2D eigenvalue weighted by Crippen LogP contribution is -2.39. The van der Waals surface area contributed by atoms with E-state index in [1.807, 2.05) is 0 Å². The van der Waals surface area contributed by atoms with Gasteiger partial charge in [0, 0.05) is 19.5 Å². The Balaban J connectivity index is 2.05. The van der Waals surface area contributed by atoms with Crippen LogP contribution < -0.4 is 5.73 Å². The maximum absolute atomic E-state index is 12.3. The van der Waals surface area contributed by atoms with Crippen LogP contribution in [0, 0.1) is 5.92 Å². The van der Waals surface area contributed by atoms with Gasteiger partial charge >= 0.3 is 0 Å². The number of halogens is 1. The van der Waals surface area contributed by atoms with Crippen LogP contribution in [0.3, 0.4) is 0 Å². The molecule has 0 saturated carbocycles. The van der Waals surface area contributed by atoms with E-state index < -0.39 is 10.0 Å². The van der Waals surface area contributed by atoms with Crippen LogP contribution in [-0.4, -0.2) is 41.7 Å². The van der Waals surface area contributed by atoms with Crippen molar-refractivity contribution in [1.29, 1.82) is 0 Å². The van der Waals surface area contributed by atoms with Gasteiger partial charge in [-0.3, -0.25) is 4.79 Å². The van der Waals surface area contributed by atoms with Gasteiger partial charge in [0.15, 0.2) is 0 Å². The van der Waals surface area contributed by atoms with E-state index in [4.69, 9.17) is 17.3 Å². The van der Waals surface area contributed by atoms with Crippen molar-refractivity contribution in [2.75, 3.05) is 13.1 Å². The van der Waals surface area contributed by atoms with Gasteiger partial charge in [0.05, 0.1) is 12.4 Å². The summed E-state index contributed by atoms with van der Waals surface area (Å²) in [5.74, 6) is -0.196. The van der Waals surface area contributed by atoms with E-state index in [2.05, 4.69) is 9.97 Å². The number of nitrogens with two attached hydrogens (primary N) is 1. The third-order valence-corrected chi connectivity index (χ3v) is 5.34. The maximum Gasteiger partial charge on any atom is 0.246 e. The molecular weight excluding hydrogens is 304 g/mol. The first-order valence-corrected chi connectivity index (χ1v) is 7.97. The van der Waals surface area contributed by atoms with Gasteiger partial charge in [-0.15, -0.1) is 0 Å². The zero-order valence-electron chi connectivity index (χ0n) is 10.7. The Bertz CT molecular complexity index is 582. The Morgan fingerprint density at radius 1 is 1.35 bits per heavy atom. The summed E-state index contributed by atoms with van der Waals surface area (Å²) in [5.41, 5.74) is 5.15. The summed E-state index contributed by atoms with van der Waals surface area (Å²) >= 11 is 5.54. The molecule has 1 fully saturated rings. The lowest BCUT2D eigenvalue weighted by Gasteiger charge is -2.30. The zero-order valence-corrected chi connectivity index (χ0v) is 12.3. The molecule has 20 heavy (non-hydrogen) atoms. The molecule has 0 aromatic carbocycles. The summed E-state index contributed by atoms with van der Waals surface area (Å²) in [7, 11) is -3.60. The average molecular weight is 319 g/mol. The summed E-state index contributed by atoms with van der Waals surface area (Å²) < 4.78 is 26.0. The van der Waals surface area contributed by atoms with E-state index in [0.29, 0.717) is 32.4 Å². The first-order chi connectivity index (χ1) is 9.39. The molecule has 0 aliphatic carbocycles. The first kappa shape index (κ1) is 15.1. The SMILES string of the molecule is NC(=O)CC1CCN(S(=O)(=O)c2cnc(Cl)nc2)CC1. The predicted octanol–water partition coefficient (Wildman–Crippen LogP) is 0.406. The second kappa shape index (κ2) is 6.02.